The van der Waals surface area contributed by atoms with E-state index in [0.717, 1.165) is 42.3 Å². The summed E-state index contributed by atoms with van der Waals surface area (Å²) in [5.74, 6) is 4.04. The van der Waals surface area contributed by atoms with Gasteiger partial charge in [0.2, 0.25) is 0 Å². The van der Waals surface area contributed by atoms with Crippen LogP contribution in [-0.4, -0.2) is 58.6 Å². The van der Waals surface area contributed by atoms with Crippen molar-refractivity contribution in [2.45, 2.75) is 75.4 Å². The molecule has 29 heavy (non-hydrogen) atoms. The number of halogens is 1. The lowest BCUT2D eigenvalue weighted by molar-refractivity contribution is 0.299. The van der Waals surface area contributed by atoms with Gasteiger partial charge < -0.3 is 14.8 Å². The number of guanidine groups is 1. The van der Waals surface area contributed by atoms with E-state index >= 15 is 0 Å². The molecule has 0 spiro atoms. The normalized spacial score (nSPS) is 25.2. The summed E-state index contributed by atoms with van der Waals surface area (Å²) in [5, 5.41) is 13.7. The van der Waals surface area contributed by atoms with E-state index in [4.69, 9.17) is 0 Å². The molecule has 6 nitrogen and oxygen atoms in total. The van der Waals surface area contributed by atoms with Crippen molar-refractivity contribution >= 4 is 41.7 Å². The molecule has 1 aliphatic heterocycles. The number of aryl methyl sites for hydroxylation is 1. The zero-order valence-corrected chi connectivity index (χ0v) is 21.1. The largest absolute Gasteiger partial charge is 0.356 e. The van der Waals surface area contributed by atoms with Crippen molar-refractivity contribution in [2.75, 3.05) is 32.9 Å². The Morgan fingerprint density at radius 1 is 1.07 bits per heavy atom. The Bertz CT molecular complexity index is 658. The van der Waals surface area contributed by atoms with Crippen LogP contribution in [0.5, 0.6) is 0 Å². The lowest BCUT2D eigenvalue weighted by Gasteiger charge is -2.22. The fraction of sp³-hybridized carbons (Fsp3) is 0.857. The van der Waals surface area contributed by atoms with Crippen molar-refractivity contribution in [3.8, 4) is 0 Å². The molecule has 1 aromatic heterocycles. The highest BCUT2D eigenvalue weighted by Crippen LogP contribution is 2.36. The molecule has 0 bridgehead atoms. The van der Waals surface area contributed by atoms with Crippen LogP contribution in [-0.2, 0) is 6.42 Å². The van der Waals surface area contributed by atoms with Crippen LogP contribution >= 0.6 is 35.7 Å². The maximum Gasteiger partial charge on any atom is 0.193 e. The summed E-state index contributed by atoms with van der Waals surface area (Å²) in [5.41, 5.74) is 0. The maximum atomic E-state index is 4.57. The number of nitrogens with zero attached hydrogens (tertiary/aromatic N) is 5. The minimum Gasteiger partial charge on any atom is -0.356 e. The van der Waals surface area contributed by atoms with E-state index < -0.39 is 0 Å². The molecular weight excluding hydrogens is 495 g/mol. The van der Waals surface area contributed by atoms with Gasteiger partial charge in [0.05, 0.1) is 0 Å². The van der Waals surface area contributed by atoms with Crippen LogP contribution in [0.1, 0.15) is 69.7 Å². The van der Waals surface area contributed by atoms with Crippen LogP contribution in [0.2, 0.25) is 0 Å². The maximum absolute atomic E-state index is 4.57. The number of fused-ring (bicyclic) bond motifs is 1. The summed E-state index contributed by atoms with van der Waals surface area (Å²) >= 11 is 1.73. The first-order chi connectivity index (χ1) is 13.8. The second-order valence-corrected chi connectivity index (χ2v) is 9.47. The summed E-state index contributed by atoms with van der Waals surface area (Å²) in [6, 6.07) is 0.612. The van der Waals surface area contributed by atoms with Gasteiger partial charge in [-0.3, -0.25) is 4.99 Å². The van der Waals surface area contributed by atoms with Crippen LogP contribution in [0.3, 0.4) is 0 Å². The lowest BCUT2D eigenvalue weighted by atomic mass is 9.82. The van der Waals surface area contributed by atoms with Gasteiger partial charge in [-0.1, -0.05) is 37.4 Å². The summed E-state index contributed by atoms with van der Waals surface area (Å²) in [6.45, 7) is 3.33. The van der Waals surface area contributed by atoms with Gasteiger partial charge in [-0.05, 0) is 50.2 Å². The van der Waals surface area contributed by atoms with Crippen LogP contribution in [0.15, 0.2) is 10.1 Å². The Labute approximate surface area is 197 Å². The molecule has 2 unspecified atom stereocenters. The number of thioether (sulfide) groups is 1. The third-order valence-electron chi connectivity index (χ3n) is 6.96. The molecule has 0 amide bonds. The molecule has 3 aliphatic rings. The van der Waals surface area contributed by atoms with Gasteiger partial charge in [0.1, 0.15) is 5.82 Å². The van der Waals surface area contributed by atoms with E-state index in [9.17, 15) is 0 Å². The number of hydrogen-bond donors (Lipinski definition) is 1. The van der Waals surface area contributed by atoms with Crippen LogP contribution in [0, 0.1) is 11.8 Å². The molecule has 1 N–H and O–H groups in total. The summed E-state index contributed by atoms with van der Waals surface area (Å²) < 4.78 is 2.43. The SMILES string of the molecule is CN=C(NCCCc1nnc(SC)n1C1CCCC1)N1CC2CCCCC2C1.I. The van der Waals surface area contributed by atoms with E-state index in [1.54, 1.807) is 11.8 Å². The second kappa shape index (κ2) is 11.2. The summed E-state index contributed by atoms with van der Waals surface area (Å²) in [6.07, 6.45) is 15.1. The molecule has 2 saturated carbocycles. The van der Waals surface area contributed by atoms with Gasteiger partial charge in [0.15, 0.2) is 11.1 Å². The van der Waals surface area contributed by atoms with Crippen LogP contribution in [0.4, 0.5) is 0 Å². The summed E-state index contributed by atoms with van der Waals surface area (Å²) in [4.78, 5) is 7.06. The van der Waals surface area contributed by atoms with Gasteiger partial charge in [-0.15, -0.1) is 34.2 Å². The fourth-order valence-corrected chi connectivity index (χ4v) is 6.08. The zero-order valence-electron chi connectivity index (χ0n) is 18.0. The smallest absolute Gasteiger partial charge is 0.193 e. The molecule has 2 aliphatic carbocycles. The predicted molar refractivity (Wildman–Crippen MR) is 131 cm³/mol. The van der Waals surface area contributed by atoms with Crippen molar-refractivity contribution in [1.82, 2.24) is 25.0 Å². The zero-order chi connectivity index (χ0) is 19.3. The van der Waals surface area contributed by atoms with Crippen molar-refractivity contribution in [2.24, 2.45) is 16.8 Å². The predicted octanol–water partition coefficient (Wildman–Crippen LogP) is 4.36. The fourth-order valence-electron chi connectivity index (χ4n) is 5.50. The molecule has 4 rings (SSSR count). The highest BCUT2D eigenvalue weighted by molar-refractivity contribution is 14.0. The Kier molecular flexibility index (Phi) is 8.95. The van der Waals surface area contributed by atoms with Crippen molar-refractivity contribution < 1.29 is 0 Å². The number of nitrogens with one attached hydrogen (secondary N) is 1. The Balaban J connectivity index is 0.00000240. The van der Waals surface area contributed by atoms with Crippen LogP contribution < -0.4 is 5.32 Å². The second-order valence-electron chi connectivity index (χ2n) is 8.70. The number of aliphatic imine (C=N–C) groups is 1. The van der Waals surface area contributed by atoms with E-state index in [-0.39, 0.29) is 24.0 Å². The standard InChI is InChI=1S/C21H36N6S.HI/c1-22-20(26-14-16-8-3-4-9-17(16)15-26)23-13-7-12-19-24-25-21(28-2)27(19)18-10-5-6-11-18;/h16-18H,3-15H2,1-2H3,(H,22,23);1H. The third kappa shape index (κ3) is 5.40. The quantitative estimate of drug-likeness (QED) is 0.194. The monoisotopic (exact) mass is 532 g/mol. The van der Waals surface area contributed by atoms with Crippen molar-refractivity contribution in [3.05, 3.63) is 5.82 Å². The minimum atomic E-state index is 0. The molecule has 2 atom stereocenters. The molecule has 2 heterocycles. The molecule has 0 radical (unpaired) electrons. The van der Waals surface area contributed by atoms with E-state index in [2.05, 4.69) is 36.2 Å². The minimum absolute atomic E-state index is 0. The van der Waals surface area contributed by atoms with E-state index in [1.165, 1.54) is 70.3 Å². The molecule has 3 fully saturated rings. The average molecular weight is 533 g/mol. The van der Waals surface area contributed by atoms with Gasteiger partial charge in [0.25, 0.3) is 0 Å². The molecule has 8 heteroatoms. The van der Waals surface area contributed by atoms with Crippen molar-refractivity contribution in [3.63, 3.8) is 0 Å². The van der Waals surface area contributed by atoms with Gasteiger partial charge in [-0.2, -0.15) is 0 Å². The van der Waals surface area contributed by atoms with Gasteiger partial charge in [-0.25, -0.2) is 0 Å². The molecule has 1 aromatic rings. The Hall–Kier alpha value is -0.510. The Morgan fingerprint density at radius 2 is 1.72 bits per heavy atom. The molecular formula is C21H37IN6S. The van der Waals surface area contributed by atoms with Crippen molar-refractivity contribution in [1.29, 1.82) is 0 Å². The van der Waals surface area contributed by atoms with E-state index in [1.807, 2.05) is 7.05 Å². The molecule has 1 saturated heterocycles. The van der Waals surface area contributed by atoms with E-state index in [0.29, 0.717) is 6.04 Å². The lowest BCUT2D eigenvalue weighted by Crippen LogP contribution is -2.40. The molecule has 0 aromatic carbocycles. The topological polar surface area (TPSA) is 58.3 Å². The number of rotatable bonds is 6. The number of aromatic nitrogens is 3. The average Bonchev–Trinajstić information content (AvgIpc) is 3.46. The van der Waals surface area contributed by atoms with Gasteiger partial charge in [0, 0.05) is 39.1 Å². The highest BCUT2D eigenvalue weighted by Gasteiger charge is 2.35. The number of likely N-dealkylation sites (tertiary alicyclic amines) is 1. The number of hydrogen-bond acceptors (Lipinski definition) is 4. The van der Waals surface area contributed by atoms with Crippen LogP contribution in [0.25, 0.3) is 0 Å². The first-order valence-electron chi connectivity index (χ1n) is 11.2. The summed E-state index contributed by atoms with van der Waals surface area (Å²) in [7, 11) is 1.92. The highest BCUT2D eigenvalue weighted by atomic mass is 127. The third-order valence-corrected chi connectivity index (χ3v) is 7.60. The van der Waals surface area contributed by atoms with Gasteiger partial charge >= 0.3 is 0 Å². The first kappa shape index (κ1) is 23.2. The first-order valence-corrected chi connectivity index (χ1v) is 12.5. The Morgan fingerprint density at radius 3 is 2.34 bits per heavy atom. The molecule has 164 valence electrons.